The average Bonchev–Trinajstić information content (AvgIpc) is 2.93. The number of halogens is 1. The molecule has 0 N–H and O–H groups in total. The number of carbonyl (C=O) groups is 1. The van der Waals surface area contributed by atoms with Gasteiger partial charge in [-0.3, -0.25) is 4.90 Å². The van der Waals surface area contributed by atoms with Crippen molar-refractivity contribution in [3.63, 3.8) is 0 Å². The van der Waals surface area contributed by atoms with Gasteiger partial charge in [-0.1, -0.05) is 44.5 Å². The SMILES string of the molecule is CC(C)(C)OC(=O)N1C[C@@H](O[Si](C)(C)C(C)(C)C)C[C@@H]1COc1ccccc1Cl. The van der Waals surface area contributed by atoms with E-state index in [4.69, 9.17) is 25.5 Å². The van der Waals surface area contributed by atoms with Crippen LogP contribution in [0, 0.1) is 0 Å². The first-order chi connectivity index (χ1) is 13.2. The van der Waals surface area contributed by atoms with Crippen molar-refractivity contribution >= 4 is 26.0 Å². The molecule has 0 aliphatic carbocycles. The highest BCUT2D eigenvalue weighted by molar-refractivity contribution is 6.74. The van der Waals surface area contributed by atoms with E-state index < -0.39 is 13.9 Å². The summed E-state index contributed by atoms with van der Waals surface area (Å²) in [7, 11) is -1.95. The molecule has 1 aromatic rings. The van der Waals surface area contributed by atoms with Crippen LogP contribution in [0.2, 0.25) is 23.2 Å². The molecule has 5 nitrogen and oxygen atoms in total. The Hall–Kier alpha value is -1.24. The molecule has 29 heavy (non-hydrogen) atoms. The Morgan fingerprint density at radius 2 is 1.79 bits per heavy atom. The number of carbonyl (C=O) groups excluding carboxylic acids is 1. The Morgan fingerprint density at radius 1 is 1.17 bits per heavy atom. The summed E-state index contributed by atoms with van der Waals surface area (Å²) in [6.07, 6.45) is 0.366. The number of amides is 1. The molecule has 164 valence electrons. The number of para-hydroxylation sites is 1. The molecule has 0 unspecified atom stereocenters. The molecule has 2 atom stereocenters. The normalized spacial score (nSPS) is 20.7. The Kier molecular flexibility index (Phi) is 7.34. The molecule has 0 radical (unpaired) electrons. The largest absolute Gasteiger partial charge is 0.490 e. The lowest BCUT2D eigenvalue weighted by molar-refractivity contribution is 0.0175. The smallest absolute Gasteiger partial charge is 0.410 e. The fourth-order valence-electron chi connectivity index (χ4n) is 3.00. The first-order valence-electron chi connectivity index (χ1n) is 10.2. The van der Waals surface area contributed by atoms with Crippen molar-refractivity contribution in [3.05, 3.63) is 29.3 Å². The molecule has 1 saturated heterocycles. The Morgan fingerprint density at radius 3 is 2.34 bits per heavy atom. The predicted octanol–water partition coefficient (Wildman–Crippen LogP) is 6.12. The van der Waals surface area contributed by atoms with Gasteiger partial charge in [0.15, 0.2) is 8.32 Å². The fraction of sp³-hybridized carbons (Fsp3) is 0.682. The summed E-state index contributed by atoms with van der Waals surface area (Å²) in [6, 6.07) is 7.24. The molecule has 1 fully saturated rings. The number of ether oxygens (including phenoxy) is 2. The van der Waals surface area contributed by atoms with Crippen molar-refractivity contribution in [2.75, 3.05) is 13.2 Å². The van der Waals surface area contributed by atoms with Gasteiger partial charge in [0, 0.05) is 6.54 Å². The van der Waals surface area contributed by atoms with E-state index in [1.54, 1.807) is 11.0 Å². The topological polar surface area (TPSA) is 48.0 Å². The third-order valence-corrected chi connectivity index (χ3v) is 10.4. The van der Waals surface area contributed by atoms with Crippen molar-refractivity contribution in [1.82, 2.24) is 4.90 Å². The lowest BCUT2D eigenvalue weighted by Crippen LogP contribution is -2.45. The second-order valence-electron chi connectivity index (χ2n) is 10.3. The van der Waals surface area contributed by atoms with Gasteiger partial charge in [-0.05, 0) is 57.5 Å². The number of hydrogen-bond donors (Lipinski definition) is 0. The van der Waals surface area contributed by atoms with E-state index in [1.807, 2.05) is 39.0 Å². The number of benzene rings is 1. The van der Waals surface area contributed by atoms with Crippen LogP contribution in [0.25, 0.3) is 0 Å². The maximum Gasteiger partial charge on any atom is 0.410 e. The minimum absolute atomic E-state index is 0.0248. The first-order valence-corrected chi connectivity index (χ1v) is 13.5. The van der Waals surface area contributed by atoms with Gasteiger partial charge >= 0.3 is 6.09 Å². The van der Waals surface area contributed by atoms with E-state index in [2.05, 4.69) is 33.9 Å². The maximum absolute atomic E-state index is 12.8. The second kappa shape index (κ2) is 8.86. The molecule has 1 aliphatic rings. The summed E-state index contributed by atoms with van der Waals surface area (Å²) < 4.78 is 18.2. The average molecular weight is 442 g/mol. The van der Waals surface area contributed by atoms with Crippen LogP contribution in [0.3, 0.4) is 0 Å². The highest BCUT2D eigenvalue weighted by Gasteiger charge is 2.44. The molecule has 1 heterocycles. The lowest BCUT2D eigenvalue weighted by atomic mass is 10.2. The van der Waals surface area contributed by atoms with Gasteiger partial charge in [0.2, 0.25) is 0 Å². The molecule has 1 aromatic carbocycles. The minimum Gasteiger partial charge on any atom is -0.490 e. The highest BCUT2D eigenvalue weighted by atomic mass is 35.5. The van der Waals surface area contributed by atoms with Crippen molar-refractivity contribution in [2.45, 2.75) is 83.8 Å². The zero-order chi connectivity index (χ0) is 22.0. The number of rotatable bonds is 5. The molecule has 0 bridgehead atoms. The molecule has 2 rings (SSSR count). The Bertz CT molecular complexity index is 711. The van der Waals surface area contributed by atoms with Crippen molar-refractivity contribution in [1.29, 1.82) is 0 Å². The quantitative estimate of drug-likeness (QED) is 0.516. The molecular formula is C22H36ClNO4Si. The van der Waals surface area contributed by atoms with Gasteiger partial charge in [-0.25, -0.2) is 4.79 Å². The summed E-state index contributed by atoms with van der Waals surface area (Å²) in [5, 5.41) is 0.666. The van der Waals surface area contributed by atoms with E-state index >= 15 is 0 Å². The van der Waals surface area contributed by atoms with Gasteiger partial charge in [-0.2, -0.15) is 0 Å². The fourth-order valence-corrected chi connectivity index (χ4v) is 4.55. The zero-order valence-corrected chi connectivity index (χ0v) is 20.8. The van der Waals surface area contributed by atoms with E-state index in [1.165, 1.54) is 0 Å². The van der Waals surface area contributed by atoms with Gasteiger partial charge in [0.05, 0.1) is 17.2 Å². The van der Waals surface area contributed by atoms with Gasteiger partial charge in [0.1, 0.15) is 18.0 Å². The maximum atomic E-state index is 12.8. The third-order valence-electron chi connectivity index (χ3n) is 5.54. The summed E-state index contributed by atoms with van der Waals surface area (Å²) >= 11 is 6.21. The van der Waals surface area contributed by atoms with Gasteiger partial charge in [-0.15, -0.1) is 0 Å². The minimum atomic E-state index is -1.95. The number of hydrogen-bond acceptors (Lipinski definition) is 4. The molecule has 7 heteroatoms. The zero-order valence-electron chi connectivity index (χ0n) is 19.0. The molecule has 1 aliphatic heterocycles. The van der Waals surface area contributed by atoms with Crippen LogP contribution in [-0.4, -0.2) is 50.2 Å². The molecule has 0 saturated carbocycles. The Balaban J connectivity index is 2.13. The van der Waals surface area contributed by atoms with Crippen LogP contribution in [0.1, 0.15) is 48.0 Å². The van der Waals surface area contributed by atoms with Crippen molar-refractivity contribution < 1.29 is 18.7 Å². The monoisotopic (exact) mass is 441 g/mol. The summed E-state index contributed by atoms with van der Waals surface area (Å²) in [5.74, 6) is 0.618. The van der Waals surface area contributed by atoms with Crippen LogP contribution in [0.15, 0.2) is 24.3 Å². The molecule has 1 amide bonds. The lowest BCUT2D eigenvalue weighted by Gasteiger charge is -2.38. The molecule has 0 spiro atoms. The Labute approximate surface area is 181 Å². The van der Waals surface area contributed by atoms with E-state index in [0.29, 0.717) is 23.9 Å². The van der Waals surface area contributed by atoms with Crippen LogP contribution >= 0.6 is 11.6 Å². The predicted molar refractivity (Wildman–Crippen MR) is 120 cm³/mol. The van der Waals surface area contributed by atoms with Gasteiger partial charge < -0.3 is 13.9 Å². The standard InChI is InChI=1S/C22H36ClNO4Si/c1-21(2,3)27-20(25)24-14-17(28-29(7,8)22(4,5)6)13-16(24)15-26-19-12-10-9-11-18(19)23/h9-12,16-17H,13-15H2,1-8H3/t16-,17+/m1/s1. The molecular weight excluding hydrogens is 406 g/mol. The van der Waals surface area contributed by atoms with Crippen LogP contribution in [0.4, 0.5) is 4.79 Å². The van der Waals surface area contributed by atoms with Crippen molar-refractivity contribution in [3.8, 4) is 5.75 Å². The van der Waals surface area contributed by atoms with Crippen LogP contribution < -0.4 is 4.74 Å². The van der Waals surface area contributed by atoms with E-state index in [-0.39, 0.29) is 23.3 Å². The highest BCUT2D eigenvalue weighted by Crippen LogP contribution is 2.39. The number of likely N-dealkylation sites (tertiary alicyclic amines) is 1. The molecule has 0 aromatic heterocycles. The second-order valence-corrected chi connectivity index (χ2v) is 15.4. The van der Waals surface area contributed by atoms with Crippen molar-refractivity contribution in [2.24, 2.45) is 0 Å². The van der Waals surface area contributed by atoms with E-state index in [9.17, 15) is 4.79 Å². The summed E-state index contributed by atoms with van der Waals surface area (Å²) in [6.45, 7) is 17.6. The first kappa shape index (κ1) is 24.0. The third kappa shape index (κ3) is 6.62. The van der Waals surface area contributed by atoms with Gasteiger partial charge in [0.25, 0.3) is 0 Å². The summed E-state index contributed by atoms with van der Waals surface area (Å²) in [5.41, 5.74) is -0.552. The number of nitrogens with zero attached hydrogens (tertiary/aromatic N) is 1. The van der Waals surface area contributed by atoms with E-state index in [0.717, 1.165) is 6.42 Å². The van der Waals surface area contributed by atoms with Crippen LogP contribution in [-0.2, 0) is 9.16 Å². The summed E-state index contributed by atoms with van der Waals surface area (Å²) in [4.78, 5) is 14.6. The van der Waals surface area contributed by atoms with Crippen LogP contribution in [0.5, 0.6) is 5.75 Å².